The maximum absolute atomic E-state index is 11.9. The molecule has 126 valence electrons. The van der Waals surface area contributed by atoms with E-state index >= 15 is 0 Å². The van der Waals surface area contributed by atoms with Crippen molar-refractivity contribution in [3.63, 3.8) is 0 Å². The fraction of sp³-hybridized carbons (Fsp3) is 0.316. The zero-order valence-electron chi connectivity index (χ0n) is 13.6. The molecule has 0 saturated heterocycles. The number of nitrogens with one attached hydrogen (secondary N) is 1. The van der Waals surface area contributed by atoms with Crippen LogP contribution in [-0.4, -0.2) is 36.9 Å². The van der Waals surface area contributed by atoms with Gasteiger partial charge in [-0.3, -0.25) is 4.79 Å². The first-order valence-corrected chi connectivity index (χ1v) is 7.91. The molecule has 2 aromatic rings. The highest BCUT2D eigenvalue weighted by Gasteiger charge is 2.35. The van der Waals surface area contributed by atoms with Crippen molar-refractivity contribution in [3.05, 3.63) is 59.7 Å². The second-order valence-electron chi connectivity index (χ2n) is 6.09. The summed E-state index contributed by atoms with van der Waals surface area (Å²) in [5.41, 5.74) is 1.37. The zero-order valence-corrected chi connectivity index (χ0v) is 13.6. The van der Waals surface area contributed by atoms with Gasteiger partial charge in [0.1, 0.15) is 11.5 Å². The van der Waals surface area contributed by atoms with E-state index in [1.165, 1.54) is 0 Å². The van der Waals surface area contributed by atoms with Crippen LogP contribution in [0.3, 0.4) is 0 Å². The van der Waals surface area contributed by atoms with Crippen LogP contribution < -0.4 is 14.8 Å². The highest BCUT2D eigenvalue weighted by Crippen LogP contribution is 2.29. The Bertz CT molecular complexity index is 687. The van der Waals surface area contributed by atoms with Crippen molar-refractivity contribution in [2.24, 2.45) is 0 Å². The molecule has 0 atom stereocenters. The average Bonchev–Trinajstić information content (AvgIpc) is 2.95. The minimum absolute atomic E-state index is 0.0879. The number of ether oxygens (including phenoxy) is 2. The molecule has 24 heavy (non-hydrogen) atoms. The van der Waals surface area contributed by atoms with E-state index in [4.69, 9.17) is 9.47 Å². The maximum atomic E-state index is 11.9. The lowest BCUT2D eigenvalue weighted by atomic mass is 10.0. The minimum atomic E-state index is -0.917. The highest BCUT2D eigenvalue weighted by atomic mass is 16.5. The third kappa shape index (κ3) is 3.86. The molecule has 0 bridgehead atoms. The van der Waals surface area contributed by atoms with Gasteiger partial charge in [0.2, 0.25) is 0 Å². The van der Waals surface area contributed by atoms with Gasteiger partial charge in [0.05, 0.1) is 12.7 Å². The molecule has 1 aliphatic rings. The Hall–Kier alpha value is -2.53. The summed E-state index contributed by atoms with van der Waals surface area (Å²) in [6.45, 7) is 0.127. The van der Waals surface area contributed by atoms with Crippen molar-refractivity contribution in [1.82, 2.24) is 5.32 Å². The Kier molecular flexibility index (Phi) is 4.71. The van der Waals surface area contributed by atoms with Crippen LogP contribution in [0.25, 0.3) is 0 Å². The van der Waals surface area contributed by atoms with Gasteiger partial charge in [-0.2, -0.15) is 0 Å². The van der Waals surface area contributed by atoms with Crippen molar-refractivity contribution < 1.29 is 19.4 Å². The van der Waals surface area contributed by atoms with Crippen molar-refractivity contribution in [2.45, 2.75) is 18.4 Å². The molecule has 3 rings (SSSR count). The normalized spacial score (nSPS) is 14.8. The number of hydrogen-bond donors (Lipinski definition) is 2. The Balaban J connectivity index is 1.46. The molecule has 5 nitrogen and oxygen atoms in total. The third-order valence-electron chi connectivity index (χ3n) is 4.20. The summed E-state index contributed by atoms with van der Waals surface area (Å²) < 4.78 is 10.5. The molecule has 1 aliphatic carbocycles. The van der Waals surface area contributed by atoms with Crippen LogP contribution in [0.5, 0.6) is 11.5 Å². The number of aliphatic hydroxyl groups is 1. The standard InChI is InChI=1S/C19H21NO4/c1-23-16-6-8-17(9-7-16)24-12-18(21)20-13-19(22)10-14-4-2-3-5-15(14)11-19/h2-9,22H,10-13H2,1H3,(H,20,21). The average molecular weight is 327 g/mol. The molecule has 0 aliphatic heterocycles. The number of fused-ring (bicyclic) bond motifs is 1. The van der Waals surface area contributed by atoms with E-state index in [-0.39, 0.29) is 19.1 Å². The molecular formula is C19H21NO4. The number of methoxy groups -OCH3 is 1. The number of hydrogen-bond acceptors (Lipinski definition) is 4. The Labute approximate surface area is 141 Å². The molecule has 0 fully saturated rings. The van der Waals surface area contributed by atoms with Gasteiger partial charge in [-0.1, -0.05) is 24.3 Å². The number of benzene rings is 2. The van der Waals surface area contributed by atoms with Gasteiger partial charge in [0.25, 0.3) is 5.91 Å². The molecule has 0 unspecified atom stereocenters. The second-order valence-corrected chi connectivity index (χ2v) is 6.09. The van der Waals surface area contributed by atoms with E-state index in [0.29, 0.717) is 18.6 Å². The summed E-state index contributed by atoms with van der Waals surface area (Å²) in [5, 5.41) is 13.4. The van der Waals surface area contributed by atoms with Crippen LogP contribution in [0, 0.1) is 0 Å². The van der Waals surface area contributed by atoms with Crippen molar-refractivity contribution in [1.29, 1.82) is 0 Å². The van der Waals surface area contributed by atoms with E-state index < -0.39 is 5.60 Å². The summed E-state index contributed by atoms with van der Waals surface area (Å²) >= 11 is 0. The highest BCUT2D eigenvalue weighted by molar-refractivity contribution is 5.77. The molecule has 2 aromatic carbocycles. The number of carbonyl (C=O) groups excluding carboxylic acids is 1. The van der Waals surface area contributed by atoms with E-state index in [2.05, 4.69) is 5.32 Å². The lowest BCUT2D eigenvalue weighted by Gasteiger charge is -2.22. The van der Waals surface area contributed by atoms with Crippen molar-refractivity contribution in [3.8, 4) is 11.5 Å². The van der Waals surface area contributed by atoms with Gasteiger partial charge in [0.15, 0.2) is 6.61 Å². The number of carbonyl (C=O) groups is 1. The first kappa shape index (κ1) is 16.3. The largest absolute Gasteiger partial charge is 0.497 e. The SMILES string of the molecule is COc1ccc(OCC(=O)NCC2(O)Cc3ccccc3C2)cc1. The zero-order chi connectivity index (χ0) is 17.0. The van der Waals surface area contributed by atoms with Gasteiger partial charge in [0, 0.05) is 19.4 Å². The van der Waals surface area contributed by atoms with E-state index in [1.807, 2.05) is 24.3 Å². The molecule has 0 spiro atoms. The monoisotopic (exact) mass is 327 g/mol. The number of amides is 1. The molecule has 0 saturated carbocycles. The van der Waals surface area contributed by atoms with Gasteiger partial charge < -0.3 is 19.9 Å². The van der Waals surface area contributed by atoms with Gasteiger partial charge in [-0.25, -0.2) is 0 Å². The molecule has 1 amide bonds. The first-order chi connectivity index (χ1) is 11.6. The molecule has 2 N–H and O–H groups in total. The van der Waals surface area contributed by atoms with Crippen molar-refractivity contribution >= 4 is 5.91 Å². The summed E-state index contributed by atoms with van der Waals surface area (Å²) in [6.07, 6.45) is 1.12. The summed E-state index contributed by atoms with van der Waals surface area (Å²) in [7, 11) is 1.59. The molecular weight excluding hydrogens is 306 g/mol. The predicted octanol–water partition coefficient (Wildman–Crippen LogP) is 1.72. The Morgan fingerprint density at radius 3 is 2.25 bits per heavy atom. The van der Waals surface area contributed by atoms with Crippen LogP contribution in [0.1, 0.15) is 11.1 Å². The summed E-state index contributed by atoms with van der Waals surface area (Å²) in [6, 6.07) is 15.0. The summed E-state index contributed by atoms with van der Waals surface area (Å²) in [5.74, 6) is 1.07. The Morgan fingerprint density at radius 2 is 1.67 bits per heavy atom. The lowest BCUT2D eigenvalue weighted by molar-refractivity contribution is -0.124. The van der Waals surface area contributed by atoms with Gasteiger partial charge >= 0.3 is 0 Å². The van der Waals surface area contributed by atoms with E-state index in [9.17, 15) is 9.90 Å². The van der Waals surface area contributed by atoms with Gasteiger partial charge in [-0.05, 0) is 35.4 Å². The molecule has 0 heterocycles. The lowest BCUT2D eigenvalue weighted by Crippen LogP contribution is -2.45. The van der Waals surface area contributed by atoms with E-state index in [1.54, 1.807) is 31.4 Å². The maximum Gasteiger partial charge on any atom is 0.258 e. The van der Waals surface area contributed by atoms with Crippen LogP contribution in [0.2, 0.25) is 0 Å². The topological polar surface area (TPSA) is 67.8 Å². The predicted molar refractivity (Wildman–Crippen MR) is 90.3 cm³/mol. The van der Waals surface area contributed by atoms with Crippen molar-refractivity contribution in [2.75, 3.05) is 20.3 Å². The fourth-order valence-electron chi connectivity index (χ4n) is 2.93. The molecule has 0 aromatic heterocycles. The summed E-state index contributed by atoms with van der Waals surface area (Å²) in [4.78, 5) is 11.9. The van der Waals surface area contributed by atoms with E-state index in [0.717, 1.165) is 16.9 Å². The fourth-order valence-corrected chi connectivity index (χ4v) is 2.93. The van der Waals surface area contributed by atoms with Gasteiger partial charge in [-0.15, -0.1) is 0 Å². The van der Waals surface area contributed by atoms with Crippen LogP contribution in [0.15, 0.2) is 48.5 Å². The third-order valence-corrected chi connectivity index (χ3v) is 4.20. The number of rotatable bonds is 6. The van der Waals surface area contributed by atoms with Crippen LogP contribution >= 0.6 is 0 Å². The molecule has 5 heteroatoms. The minimum Gasteiger partial charge on any atom is -0.497 e. The second kappa shape index (κ2) is 6.93. The van der Waals surface area contributed by atoms with Crippen LogP contribution in [-0.2, 0) is 17.6 Å². The quantitative estimate of drug-likeness (QED) is 0.848. The first-order valence-electron chi connectivity index (χ1n) is 7.91. The smallest absolute Gasteiger partial charge is 0.258 e. The molecule has 0 radical (unpaired) electrons. The Morgan fingerprint density at radius 1 is 1.08 bits per heavy atom. The van der Waals surface area contributed by atoms with Crippen LogP contribution in [0.4, 0.5) is 0 Å².